The first-order chi connectivity index (χ1) is 12.8. The molecule has 0 saturated heterocycles. The zero-order valence-corrected chi connectivity index (χ0v) is 13.6. The van der Waals surface area contributed by atoms with Crippen LogP contribution in [0.4, 0.5) is 0 Å². The zero-order valence-electron chi connectivity index (χ0n) is 13.6. The van der Waals surface area contributed by atoms with Crippen molar-refractivity contribution in [1.82, 2.24) is 19.7 Å². The molecule has 0 N–H and O–H groups in total. The Morgan fingerprint density at radius 2 is 1.88 bits per heavy atom. The number of hydrogen-bond donors (Lipinski definition) is 0. The molecular weight excluding hydrogens is 332 g/mol. The van der Waals surface area contributed by atoms with E-state index >= 15 is 0 Å². The maximum atomic E-state index is 12.1. The van der Waals surface area contributed by atoms with Crippen LogP contribution in [0.2, 0.25) is 0 Å². The molecule has 0 atom stereocenters. The predicted octanol–water partition coefficient (Wildman–Crippen LogP) is 3.13. The molecule has 3 heterocycles. The van der Waals surface area contributed by atoms with E-state index in [0.717, 1.165) is 5.56 Å². The highest BCUT2D eigenvalue weighted by molar-refractivity contribution is 5.48. The van der Waals surface area contributed by atoms with Gasteiger partial charge in [0.2, 0.25) is 5.82 Å². The second kappa shape index (κ2) is 7.02. The number of aromatic nitrogens is 4. The van der Waals surface area contributed by atoms with Crippen molar-refractivity contribution in [3.05, 3.63) is 89.3 Å². The predicted molar refractivity (Wildman–Crippen MR) is 93.8 cm³/mol. The lowest BCUT2D eigenvalue weighted by atomic mass is 10.2. The van der Waals surface area contributed by atoms with Crippen molar-refractivity contribution in [2.24, 2.45) is 0 Å². The van der Waals surface area contributed by atoms with Crippen LogP contribution >= 0.6 is 0 Å². The molecule has 0 spiro atoms. The summed E-state index contributed by atoms with van der Waals surface area (Å²) in [5, 5.41) is 3.86. The summed E-state index contributed by atoms with van der Waals surface area (Å²) >= 11 is 0. The highest BCUT2D eigenvalue weighted by Crippen LogP contribution is 2.26. The van der Waals surface area contributed by atoms with Crippen LogP contribution in [0.25, 0.3) is 11.5 Å². The Labute approximate surface area is 148 Å². The topological polar surface area (TPSA) is 83.0 Å². The van der Waals surface area contributed by atoms with Crippen molar-refractivity contribution in [3.63, 3.8) is 0 Å². The molecule has 0 aliphatic rings. The minimum absolute atomic E-state index is 0.241. The Hall–Kier alpha value is -3.74. The molecular formula is C19H14N4O3. The van der Waals surface area contributed by atoms with Gasteiger partial charge in [-0.2, -0.15) is 0 Å². The maximum Gasteiger partial charge on any atom is 0.442 e. The Kier molecular flexibility index (Phi) is 4.26. The number of nitrogens with zero attached hydrogens (tertiary/aromatic N) is 4. The van der Waals surface area contributed by atoms with Gasteiger partial charge in [0.25, 0.3) is 0 Å². The van der Waals surface area contributed by atoms with Gasteiger partial charge in [-0.15, -0.1) is 0 Å². The molecule has 4 rings (SSSR count). The van der Waals surface area contributed by atoms with Crippen LogP contribution in [0.15, 0.2) is 82.5 Å². The van der Waals surface area contributed by atoms with E-state index in [0.29, 0.717) is 23.0 Å². The molecule has 0 saturated carbocycles. The number of ether oxygens (including phenoxy) is 1. The summed E-state index contributed by atoms with van der Waals surface area (Å²) in [4.78, 5) is 20.4. The van der Waals surface area contributed by atoms with Gasteiger partial charge in [0.05, 0.1) is 12.7 Å². The van der Waals surface area contributed by atoms with Crippen molar-refractivity contribution >= 4 is 0 Å². The first-order valence-corrected chi connectivity index (χ1v) is 7.95. The third-order valence-corrected chi connectivity index (χ3v) is 3.74. The fourth-order valence-corrected chi connectivity index (χ4v) is 2.53. The van der Waals surface area contributed by atoms with Gasteiger partial charge in [0.15, 0.2) is 0 Å². The van der Waals surface area contributed by atoms with Gasteiger partial charge in [0, 0.05) is 18.0 Å². The second-order valence-electron chi connectivity index (χ2n) is 5.47. The molecule has 0 fully saturated rings. The van der Waals surface area contributed by atoms with E-state index in [1.165, 1.54) is 4.57 Å². The van der Waals surface area contributed by atoms with Gasteiger partial charge in [-0.05, 0) is 30.3 Å². The van der Waals surface area contributed by atoms with Gasteiger partial charge in [-0.1, -0.05) is 29.4 Å². The molecule has 0 unspecified atom stereocenters. The highest BCUT2D eigenvalue weighted by Gasteiger charge is 2.16. The molecule has 0 amide bonds. The molecule has 7 nitrogen and oxygen atoms in total. The van der Waals surface area contributed by atoms with Gasteiger partial charge in [-0.3, -0.25) is 19.1 Å². The minimum atomic E-state index is -0.554. The van der Waals surface area contributed by atoms with Crippen LogP contribution in [-0.4, -0.2) is 19.7 Å². The largest absolute Gasteiger partial charge is 0.455 e. The number of benzene rings is 1. The van der Waals surface area contributed by atoms with E-state index in [2.05, 4.69) is 15.1 Å². The van der Waals surface area contributed by atoms with Crippen molar-refractivity contribution in [3.8, 4) is 23.0 Å². The fraction of sp³-hybridized carbons (Fsp3) is 0.0526. The molecule has 0 aliphatic carbocycles. The van der Waals surface area contributed by atoms with E-state index in [1.807, 2.05) is 36.4 Å². The number of hydrogen-bond acceptors (Lipinski definition) is 6. The maximum absolute atomic E-state index is 12.1. The zero-order chi connectivity index (χ0) is 17.8. The smallest absolute Gasteiger partial charge is 0.442 e. The molecule has 0 radical (unpaired) electrons. The minimum Gasteiger partial charge on any atom is -0.455 e. The number of para-hydroxylation sites is 1. The lowest BCUT2D eigenvalue weighted by molar-refractivity contribution is 0.377. The summed E-state index contributed by atoms with van der Waals surface area (Å²) < 4.78 is 12.2. The highest BCUT2D eigenvalue weighted by atomic mass is 16.5. The Balaban J connectivity index is 1.69. The number of pyridine rings is 2. The lowest BCUT2D eigenvalue weighted by Crippen LogP contribution is -2.17. The van der Waals surface area contributed by atoms with Gasteiger partial charge >= 0.3 is 5.76 Å². The van der Waals surface area contributed by atoms with E-state index in [-0.39, 0.29) is 6.54 Å². The first kappa shape index (κ1) is 15.8. The molecule has 0 aliphatic heterocycles. The summed E-state index contributed by atoms with van der Waals surface area (Å²) in [5.74, 6) is 1.05. The first-order valence-electron chi connectivity index (χ1n) is 7.95. The van der Waals surface area contributed by atoms with Gasteiger partial charge in [-0.25, -0.2) is 4.79 Å². The summed E-state index contributed by atoms with van der Waals surface area (Å²) in [5.41, 5.74) is 1.36. The van der Waals surface area contributed by atoms with Crippen LogP contribution < -0.4 is 10.5 Å². The van der Waals surface area contributed by atoms with Crippen molar-refractivity contribution in [2.45, 2.75) is 6.54 Å². The lowest BCUT2D eigenvalue weighted by Gasteiger charge is -2.11. The molecule has 4 aromatic rings. The van der Waals surface area contributed by atoms with Crippen molar-refractivity contribution < 1.29 is 9.26 Å². The summed E-state index contributed by atoms with van der Waals surface area (Å²) in [6.07, 6.45) is 4.94. The van der Waals surface area contributed by atoms with Crippen LogP contribution in [-0.2, 0) is 6.54 Å². The second-order valence-corrected chi connectivity index (χ2v) is 5.47. The molecule has 1 aromatic carbocycles. The third-order valence-electron chi connectivity index (χ3n) is 3.74. The summed E-state index contributed by atoms with van der Waals surface area (Å²) in [6.45, 7) is 0.241. The van der Waals surface area contributed by atoms with Crippen molar-refractivity contribution in [1.29, 1.82) is 0 Å². The van der Waals surface area contributed by atoms with E-state index in [1.54, 1.807) is 36.8 Å². The average molecular weight is 346 g/mol. The van der Waals surface area contributed by atoms with Crippen LogP contribution in [0, 0.1) is 0 Å². The molecule has 128 valence electrons. The monoisotopic (exact) mass is 346 g/mol. The Morgan fingerprint density at radius 3 is 2.69 bits per heavy atom. The van der Waals surface area contributed by atoms with E-state index < -0.39 is 5.76 Å². The SMILES string of the molecule is O=c1onc(-c2ccccn2)n1Cc1ccccc1Oc1cccnc1. The van der Waals surface area contributed by atoms with Crippen LogP contribution in [0.3, 0.4) is 0 Å². The van der Waals surface area contributed by atoms with Gasteiger partial charge in [0.1, 0.15) is 17.2 Å². The normalized spacial score (nSPS) is 10.6. The molecule has 7 heteroatoms. The molecule has 0 bridgehead atoms. The Bertz CT molecular complexity index is 1060. The average Bonchev–Trinajstić information content (AvgIpc) is 3.05. The van der Waals surface area contributed by atoms with E-state index in [4.69, 9.17) is 9.26 Å². The van der Waals surface area contributed by atoms with Crippen LogP contribution in [0.1, 0.15) is 5.56 Å². The molecule has 26 heavy (non-hydrogen) atoms. The van der Waals surface area contributed by atoms with Gasteiger partial charge < -0.3 is 4.74 Å². The standard InChI is InChI=1S/C19H14N4O3/c24-19-23(18(22-26-19)16-8-3-4-11-21-16)13-14-6-1-2-9-17(14)25-15-7-5-10-20-12-15/h1-12H,13H2. The molecule has 3 aromatic heterocycles. The Morgan fingerprint density at radius 1 is 1.00 bits per heavy atom. The number of rotatable bonds is 5. The van der Waals surface area contributed by atoms with Crippen molar-refractivity contribution in [2.75, 3.05) is 0 Å². The van der Waals surface area contributed by atoms with E-state index in [9.17, 15) is 4.79 Å². The fourth-order valence-electron chi connectivity index (χ4n) is 2.53. The summed E-state index contributed by atoms with van der Waals surface area (Å²) in [7, 11) is 0. The van der Waals surface area contributed by atoms with Crippen LogP contribution in [0.5, 0.6) is 11.5 Å². The summed E-state index contributed by atoms with van der Waals surface area (Å²) in [6, 6.07) is 16.5. The quantitative estimate of drug-likeness (QED) is 0.552. The third kappa shape index (κ3) is 3.23.